The Balaban J connectivity index is 2.39. The third-order valence-corrected chi connectivity index (χ3v) is 3.52. The van der Waals surface area contributed by atoms with Gasteiger partial charge in [-0.15, -0.1) is 0 Å². The molecule has 1 rings (SSSR count). The molecule has 0 bridgehead atoms. The molecule has 0 unspecified atom stereocenters. The lowest BCUT2D eigenvalue weighted by Crippen LogP contribution is -2.36. The topological polar surface area (TPSA) is 58.2 Å². The van der Waals surface area contributed by atoms with Gasteiger partial charge in [0, 0.05) is 29.0 Å². The van der Waals surface area contributed by atoms with Crippen LogP contribution in [0.5, 0.6) is 0 Å². The summed E-state index contributed by atoms with van der Waals surface area (Å²) in [5, 5.41) is 5.51. The van der Waals surface area contributed by atoms with Gasteiger partial charge in [0.1, 0.15) is 0 Å². The van der Waals surface area contributed by atoms with E-state index in [2.05, 4.69) is 26.6 Å². The number of halogens is 1. The van der Waals surface area contributed by atoms with Crippen molar-refractivity contribution >= 4 is 27.7 Å². The van der Waals surface area contributed by atoms with Gasteiger partial charge in [-0.1, -0.05) is 35.8 Å². The van der Waals surface area contributed by atoms with E-state index in [1.165, 1.54) is 0 Å². The van der Waals surface area contributed by atoms with E-state index in [4.69, 9.17) is 0 Å². The van der Waals surface area contributed by atoms with Crippen LogP contribution in [0.15, 0.2) is 22.7 Å². The molecule has 0 saturated heterocycles. The van der Waals surface area contributed by atoms with E-state index in [-0.39, 0.29) is 17.7 Å². The molecule has 2 N–H and O–H groups in total. The highest BCUT2D eigenvalue weighted by atomic mass is 79.9. The molecule has 0 atom stereocenters. The molecule has 5 heteroatoms. The second kappa shape index (κ2) is 7.28. The normalized spacial score (nSPS) is 10.4. The Morgan fingerprint density at radius 1 is 1.21 bits per heavy atom. The number of amides is 2. The maximum atomic E-state index is 11.8. The van der Waals surface area contributed by atoms with Crippen molar-refractivity contribution in [3.05, 3.63) is 33.8 Å². The van der Waals surface area contributed by atoms with Gasteiger partial charge in [0.05, 0.1) is 0 Å². The van der Waals surface area contributed by atoms with Gasteiger partial charge in [0.25, 0.3) is 5.91 Å². The zero-order valence-corrected chi connectivity index (χ0v) is 13.0. The van der Waals surface area contributed by atoms with Crippen LogP contribution in [0.25, 0.3) is 0 Å². The third kappa shape index (κ3) is 5.03. The van der Waals surface area contributed by atoms with Crippen molar-refractivity contribution in [2.24, 2.45) is 5.92 Å². The maximum absolute atomic E-state index is 11.8. The summed E-state index contributed by atoms with van der Waals surface area (Å²) in [6.45, 7) is 6.49. The fourth-order valence-corrected chi connectivity index (χ4v) is 1.78. The highest BCUT2D eigenvalue weighted by Gasteiger charge is 2.08. The lowest BCUT2D eigenvalue weighted by molar-refractivity contribution is -0.123. The summed E-state index contributed by atoms with van der Waals surface area (Å²) in [5.74, 6) is -0.185. The molecule has 0 aromatic heterocycles. The molecular weight excluding hydrogens is 308 g/mol. The van der Waals surface area contributed by atoms with Crippen LogP contribution in [0.3, 0.4) is 0 Å². The van der Waals surface area contributed by atoms with E-state index in [0.29, 0.717) is 18.7 Å². The quantitative estimate of drug-likeness (QED) is 0.815. The standard InChI is InChI=1S/C14H19BrN2O2/c1-9(2)13(18)16-6-7-17-14(19)11-5-4-10(3)12(15)8-11/h4-5,8-9H,6-7H2,1-3H3,(H,16,18)(H,17,19). The first-order valence-corrected chi connectivity index (χ1v) is 7.03. The number of benzene rings is 1. The van der Waals surface area contributed by atoms with Crippen molar-refractivity contribution in [3.63, 3.8) is 0 Å². The molecule has 1 aromatic carbocycles. The Morgan fingerprint density at radius 3 is 2.42 bits per heavy atom. The molecule has 2 amide bonds. The van der Waals surface area contributed by atoms with Gasteiger partial charge in [-0.3, -0.25) is 9.59 Å². The van der Waals surface area contributed by atoms with Crippen molar-refractivity contribution in [1.29, 1.82) is 0 Å². The van der Waals surface area contributed by atoms with Crippen molar-refractivity contribution in [2.45, 2.75) is 20.8 Å². The highest BCUT2D eigenvalue weighted by Crippen LogP contribution is 2.17. The number of carbonyl (C=O) groups is 2. The van der Waals surface area contributed by atoms with Crippen molar-refractivity contribution in [1.82, 2.24) is 10.6 Å². The second-order valence-electron chi connectivity index (χ2n) is 4.67. The van der Waals surface area contributed by atoms with Crippen LogP contribution in [-0.4, -0.2) is 24.9 Å². The van der Waals surface area contributed by atoms with Crippen LogP contribution in [0.2, 0.25) is 0 Å². The smallest absolute Gasteiger partial charge is 0.251 e. The Labute approximate surface area is 122 Å². The van der Waals surface area contributed by atoms with Gasteiger partial charge < -0.3 is 10.6 Å². The molecule has 0 aliphatic carbocycles. The van der Waals surface area contributed by atoms with Crippen molar-refractivity contribution in [3.8, 4) is 0 Å². The summed E-state index contributed by atoms with van der Waals surface area (Å²) in [6.07, 6.45) is 0. The van der Waals surface area contributed by atoms with E-state index in [9.17, 15) is 9.59 Å². The first-order valence-electron chi connectivity index (χ1n) is 6.24. The summed E-state index contributed by atoms with van der Waals surface area (Å²) in [5.41, 5.74) is 1.69. The number of hydrogen-bond donors (Lipinski definition) is 2. The Morgan fingerprint density at radius 2 is 1.84 bits per heavy atom. The molecule has 0 aliphatic heterocycles. The first kappa shape index (κ1) is 15.7. The molecule has 19 heavy (non-hydrogen) atoms. The molecule has 0 radical (unpaired) electrons. The minimum absolute atomic E-state index is 0.00710. The van der Waals surface area contributed by atoms with Crippen molar-refractivity contribution < 1.29 is 9.59 Å². The van der Waals surface area contributed by atoms with Crippen LogP contribution < -0.4 is 10.6 Å². The predicted octanol–water partition coefficient (Wildman–Crippen LogP) is 2.26. The fourth-order valence-electron chi connectivity index (χ4n) is 1.40. The summed E-state index contributed by atoms with van der Waals surface area (Å²) in [7, 11) is 0. The van der Waals surface area contributed by atoms with Crippen LogP contribution in [0.1, 0.15) is 29.8 Å². The molecular formula is C14H19BrN2O2. The predicted molar refractivity (Wildman–Crippen MR) is 79.1 cm³/mol. The molecule has 0 fully saturated rings. The van der Waals surface area contributed by atoms with Gasteiger partial charge in [-0.25, -0.2) is 0 Å². The molecule has 0 spiro atoms. The Kier molecular flexibility index (Phi) is 6.02. The number of nitrogens with one attached hydrogen (secondary N) is 2. The molecule has 0 saturated carbocycles. The SMILES string of the molecule is Cc1ccc(C(=O)NCCNC(=O)C(C)C)cc1Br. The molecule has 4 nitrogen and oxygen atoms in total. The molecule has 104 valence electrons. The Bertz CT molecular complexity index is 473. The number of aryl methyl sites for hydroxylation is 1. The van der Waals surface area contributed by atoms with E-state index in [1.54, 1.807) is 12.1 Å². The molecule has 0 heterocycles. The van der Waals surface area contributed by atoms with Gasteiger partial charge in [0.15, 0.2) is 0 Å². The van der Waals surface area contributed by atoms with E-state index < -0.39 is 0 Å². The Hall–Kier alpha value is -1.36. The van der Waals surface area contributed by atoms with Crippen LogP contribution >= 0.6 is 15.9 Å². The summed E-state index contributed by atoms with van der Waals surface area (Å²) < 4.78 is 0.910. The third-order valence-electron chi connectivity index (χ3n) is 2.67. The summed E-state index contributed by atoms with van der Waals surface area (Å²) in [6, 6.07) is 5.46. The van der Waals surface area contributed by atoms with Crippen molar-refractivity contribution in [2.75, 3.05) is 13.1 Å². The van der Waals surface area contributed by atoms with Gasteiger partial charge in [0.2, 0.25) is 5.91 Å². The summed E-state index contributed by atoms with van der Waals surface area (Å²) in [4.78, 5) is 23.2. The van der Waals surface area contributed by atoms with Crippen LogP contribution in [0.4, 0.5) is 0 Å². The maximum Gasteiger partial charge on any atom is 0.251 e. The van der Waals surface area contributed by atoms with Crippen LogP contribution in [-0.2, 0) is 4.79 Å². The average Bonchev–Trinajstić information content (AvgIpc) is 2.37. The average molecular weight is 327 g/mol. The molecule has 0 aliphatic rings. The van der Waals surface area contributed by atoms with E-state index in [1.807, 2.05) is 26.8 Å². The second-order valence-corrected chi connectivity index (χ2v) is 5.52. The van der Waals surface area contributed by atoms with Gasteiger partial charge >= 0.3 is 0 Å². The van der Waals surface area contributed by atoms with Crippen LogP contribution in [0, 0.1) is 12.8 Å². The lowest BCUT2D eigenvalue weighted by atomic mass is 10.1. The number of hydrogen-bond acceptors (Lipinski definition) is 2. The zero-order chi connectivity index (χ0) is 14.4. The zero-order valence-electron chi connectivity index (χ0n) is 11.4. The summed E-state index contributed by atoms with van der Waals surface area (Å²) >= 11 is 3.39. The first-order chi connectivity index (χ1) is 8.91. The van der Waals surface area contributed by atoms with E-state index >= 15 is 0 Å². The fraction of sp³-hybridized carbons (Fsp3) is 0.429. The van der Waals surface area contributed by atoms with Gasteiger partial charge in [-0.05, 0) is 24.6 Å². The monoisotopic (exact) mass is 326 g/mol. The van der Waals surface area contributed by atoms with E-state index in [0.717, 1.165) is 10.0 Å². The highest BCUT2D eigenvalue weighted by molar-refractivity contribution is 9.10. The lowest BCUT2D eigenvalue weighted by Gasteiger charge is -2.09. The minimum atomic E-state index is -0.139. The molecule has 1 aromatic rings. The minimum Gasteiger partial charge on any atom is -0.354 e. The number of rotatable bonds is 5. The largest absolute Gasteiger partial charge is 0.354 e. The number of carbonyl (C=O) groups excluding carboxylic acids is 2. The van der Waals surface area contributed by atoms with Gasteiger partial charge in [-0.2, -0.15) is 0 Å².